The third kappa shape index (κ3) is 6.14. The predicted molar refractivity (Wildman–Crippen MR) is 114 cm³/mol. The zero-order chi connectivity index (χ0) is 17.5. The number of aryl methyl sites for hydroxylation is 1. The van der Waals surface area contributed by atoms with Gasteiger partial charge in [-0.05, 0) is 31.0 Å². The van der Waals surface area contributed by atoms with E-state index >= 15 is 0 Å². The van der Waals surface area contributed by atoms with Crippen molar-refractivity contribution in [1.82, 2.24) is 25.4 Å². The first-order valence-electron chi connectivity index (χ1n) is 8.10. The molecule has 1 aromatic carbocycles. The van der Waals surface area contributed by atoms with E-state index in [-0.39, 0.29) is 24.0 Å². The lowest BCUT2D eigenvalue weighted by Crippen LogP contribution is -2.39. The molecule has 0 saturated heterocycles. The Morgan fingerprint density at radius 3 is 2.44 bits per heavy atom. The summed E-state index contributed by atoms with van der Waals surface area (Å²) in [6.45, 7) is 5.49. The number of nitrogens with one attached hydrogen (secondary N) is 2. The molecule has 0 fully saturated rings. The van der Waals surface area contributed by atoms with Gasteiger partial charge in [0.25, 0.3) is 0 Å². The Labute approximate surface area is 171 Å². The van der Waals surface area contributed by atoms with E-state index in [2.05, 4.69) is 44.9 Å². The summed E-state index contributed by atoms with van der Waals surface area (Å²) in [5.41, 5.74) is 1.27. The number of aromatic nitrogens is 3. The number of hydrogen-bond donors (Lipinski definition) is 2. The van der Waals surface area contributed by atoms with Crippen molar-refractivity contribution in [3.63, 3.8) is 0 Å². The van der Waals surface area contributed by atoms with E-state index in [0.717, 1.165) is 35.6 Å². The van der Waals surface area contributed by atoms with Crippen LogP contribution in [0.4, 0.5) is 0 Å². The largest absolute Gasteiger partial charge is 0.356 e. The van der Waals surface area contributed by atoms with Gasteiger partial charge in [-0.15, -0.1) is 34.2 Å². The second kappa shape index (κ2) is 10.6. The fourth-order valence-corrected chi connectivity index (χ4v) is 2.57. The van der Waals surface area contributed by atoms with Crippen molar-refractivity contribution in [3.05, 3.63) is 46.5 Å². The maximum atomic E-state index is 5.97. The van der Waals surface area contributed by atoms with E-state index in [0.29, 0.717) is 12.5 Å². The van der Waals surface area contributed by atoms with Crippen LogP contribution in [0.15, 0.2) is 29.3 Å². The Morgan fingerprint density at radius 2 is 1.92 bits per heavy atom. The van der Waals surface area contributed by atoms with Gasteiger partial charge in [0.05, 0.1) is 6.54 Å². The van der Waals surface area contributed by atoms with Crippen LogP contribution in [0.2, 0.25) is 5.02 Å². The average molecular weight is 477 g/mol. The van der Waals surface area contributed by atoms with Gasteiger partial charge in [0, 0.05) is 31.6 Å². The smallest absolute Gasteiger partial charge is 0.191 e. The van der Waals surface area contributed by atoms with Gasteiger partial charge >= 0.3 is 0 Å². The molecular weight excluding hydrogens is 451 g/mol. The van der Waals surface area contributed by atoms with Gasteiger partial charge in [-0.25, -0.2) is 0 Å². The van der Waals surface area contributed by atoms with Gasteiger partial charge < -0.3 is 15.2 Å². The van der Waals surface area contributed by atoms with Gasteiger partial charge in [0.15, 0.2) is 11.8 Å². The predicted octanol–water partition coefficient (Wildman–Crippen LogP) is 3.25. The summed E-state index contributed by atoms with van der Waals surface area (Å²) in [6, 6.07) is 8.03. The maximum Gasteiger partial charge on any atom is 0.191 e. The third-order valence-corrected chi connectivity index (χ3v) is 4.42. The highest BCUT2D eigenvalue weighted by Crippen LogP contribution is 2.20. The Hall–Kier alpha value is -1.35. The first kappa shape index (κ1) is 21.7. The van der Waals surface area contributed by atoms with Gasteiger partial charge in [0.2, 0.25) is 0 Å². The Bertz CT molecular complexity index is 683. The van der Waals surface area contributed by atoms with E-state index in [4.69, 9.17) is 11.6 Å². The first-order chi connectivity index (χ1) is 11.5. The zero-order valence-electron chi connectivity index (χ0n) is 15.1. The summed E-state index contributed by atoms with van der Waals surface area (Å²) >= 11 is 5.97. The molecular formula is C17H26ClIN6. The van der Waals surface area contributed by atoms with E-state index in [9.17, 15) is 0 Å². The molecule has 0 aliphatic heterocycles. The SMILES string of the molecule is CCC(CNC(=NC)NCc1nnc(C)n1C)c1ccc(Cl)cc1.I. The molecule has 0 aliphatic carbocycles. The summed E-state index contributed by atoms with van der Waals surface area (Å²) in [7, 11) is 3.72. The van der Waals surface area contributed by atoms with Crippen LogP contribution in [0.3, 0.4) is 0 Å². The normalized spacial score (nSPS) is 12.4. The Kier molecular flexibility index (Phi) is 9.20. The molecule has 0 spiro atoms. The molecule has 0 bridgehead atoms. The molecule has 1 unspecified atom stereocenters. The number of halogens is 2. The van der Waals surface area contributed by atoms with Crippen LogP contribution < -0.4 is 10.6 Å². The highest BCUT2D eigenvalue weighted by atomic mass is 127. The molecule has 0 radical (unpaired) electrons. The van der Waals surface area contributed by atoms with Crippen molar-refractivity contribution in [3.8, 4) is 0 Å². The number of hydrogen-bond acceptors (Lipinski definition) is 3. The molecule has 1 aromatic heterocycles. The van der Waals surface area contributed by atoms with Crippen molar-refractivity contribution < 1.29 is 0 Å². The van der Waals surface area contributed by atoms with Crippen LogP contribution in [-0.4, -0.2) is 34.3 Å². The molecule has 0 amide bonds. The summed E-state index contributed by atoms with van der Waals surface area (Å²) < 4.78 is 1.96. The van der Waals surface area contributed by atoms with Gasteiger partial charge in [-0.2, -0.15) is 0 Å². The third-order valence-electron chi connectivity index (χ3n) is 4.17. The molecule has 8 heteroatoms. The Morgan fingerprint density at radius 1 is 1.24 bits per heavy atom. The monoisotopic (exact) mass is 476 g/mol. The number of benzene rings is 1. The van der Waals surface area contributed by atoms with Crippen LogP contribution >= 0.6 is 35.6 Å². The summed E-state index contributed by atoms with van der Waals surface area (Å²) in [4.78, 5) is 4.27. The number of rotatable bonds is 6. The highest BCUT2D eigenvalue weighted by molar-refractivity contribution is 14.0. The Balaban J connectivity index is 0.00000312. The minimum atomic E-state index is 0. The van der Waals surface area contributed by atoms with Gasteiger partial charge in [-0.3, -0.25) is 4.99 Å². The van der Waals surface area contributed by atoms with Gasteiger partial charge in [0.1, 0.15) is 5.82 Å². The molecule has 6 nitrogen and oxygen atoms in total. The molecule has 1 heterocycles. The topological polar surface area (TPSA) is 67.1 Å². The minimum absolute atomic E-state index is 0. The van der Waals surface area contributed by atoms with E-state index < -0.39 is 0 Å². The molecule has 2 aromatic rings. The minimum Gasteiger partial charge on any atom is -0.356 e. The second-order valence-electron chi connectivity index (χ2n) is 5.69. The molecule has 25 heavy (non-hydrogen) atoms. The molecule has 2 rings (SSSR count). The average Bonchev–Trinajstić information content (AvgIpc) is 2.91. The van der Waals surface area contributed by atoms with Crippen molar-refractivity contribution in [2.75, 3.05) is 13.6 Å². The highest BCUT2D eigenvalue weighted by Gasteiger charge is 2.11. The quantitative estimate of drug-likeness (QED) is 0.382. The fourth-order valence-electron chi connectivity index (χ4n) is 2.44. The lowest BCUT2D eigenvalue weighted by molar-refractivity contribution is 0.626. The van der Waals surface area contributed by atoms with E-state index in [1.807, 2.05) is 30.7 Å². The van der Waals surface area contributed by atoms with Crippen molar-refractivity contribution >= 4 is 41.5 Å². The van der Waals surface area contributed by atoms with E-state index in [1.165, 1.54) is 5.56 Å². The fraction of sp³-hybridized carbons (Fsp3) is 0.471. The first-order valence-corrected chi connectivity index (χ1v) is 8.47. The van der Waals surface area contributed by atoms with Crippen LogP contribution in [0.25, 0.3) is 0 Å². The zero-order valence-corrected chi connectivity index (χ0v) is 18.2. The van der Waals surface area contributed by atoms with Crippen LogP contribution in [-0.2, 0) is 13.6 Å². The molecule has 138 valence electrons. The lowest BCUT2D eigenvalue weighted by Gasteiger charge is -2.18. The lowest BCUT2D eigenvalue weighted by atomic mass is 9.96. The standard InChI is InChI=1S/C17H25ClN6.HI/c1-5-13(14-6-8-15(18)9-7-14)10-20-17(19-3)21-11-16-23-22-12(2)24(16)4;/h6-9,13H,5,10-11H2,1-4H3,(H2,19,20,21);1H. The molecule has 0 saturated carbocycles. The molecule has 0 aliphatic rings. The summed E-state index contributed by atoms with van der Waals surface area (Å²) in [5.74, 6) is 2.92. The summed E-state index contributed by atoms with van der Waals surface area (Å²) in [6.07, 6.45) is 1.04. The molecule has 1 atom stereocenters. The van der Waals surface area contributed by atoms with Crippen molar-refractivity contribution in [1.29, 1.82) is 0 Å². The number of nitrogens with zero attached hydrogens (tertiary/aromatic N) is 4. The van der Waals surface area contributed by atoms with Crippen molar-refractivity contribution in [2.45, 2.75) is 32.7 Å². The maximum absolute atomic E-state index is 5.97. The molecule has 2 N–H and O–H groups in total. The van der Waals surface area contributed by atoms with E-state index in [1.54, 1.807) is 7.05 Å². The van der Waals surface area contributed by atoms with Crippen LogP contribution in [0.1, 0.15) is 36.5 Å². The number of guanidine groups is 1. The van der Waals surface area contributed by atoms with Gasteiger partial charge in [-0.1, -0.05) is 30.7 Å². The van der Waals surface area contributed by atoms with Crippen molar-refractivity contribution in [2.24, 2.45) is 12.0 Å². The summed E-state index contributed by atoms with van der Waals surface area (Å²) in [5, 5.41) is 15.6. The number of aliphatic imine (C=N–C) groups is 1. The van der Waals surface area contributed by atoms with Crippen LogP contribution in [0, 0.1) is 6.92 Å². The van der Waals surface area contributed by atoms with Crippen LogP contribution in [0.5, 0.6) is 0 Å². The second-order valence-corrected chi connectivity index (χ2v) is 6.12.